The molecule has 38 heavy (non-hydrogen) atoms. The van der Waals surface area contributed by atoms with Gasteiger partial charge < -0.3 is 14.8 Å². The number of hydrogen-bond acceptors (Lipinski definition) is 7. The van der Waals surface area contributed by atoms with Gasteiger partial charge in [0.15, 0.2) is 0 Å². The van der Waals surface area contributed by atoms with Crippen molar-refractivity contribution in [1.29, 1.82) is 0 Å². The maximum atomic E-state index is 12.7. The molecule has 4 rings (SSSR count). The van der Waals surface area contributed by atoms with E-state index >= 15 is 0 Å². The van der Waals surface area contributed by atoms with Gasteiger partial charge in [0.1, 0.15) is 22.9 Å². The number of amides is 1. The Morgan fingerprint density at radius 3 is 2.50 bits per heavy atom. The molecule has 0 fully saturated rings. The summed E-state index contributed by atoms with van der Waals surface area (Å²) in [5.41, 5.74) is 2.83. The van der Waals surface area contributed by atoms with Crippen LogP contribution in [0.3, 0.4) is 0 Å². The third-order valence-electron chi connectivity index (χ3n) is 5.43. The second-order valence-electron chi connectivity index (χ2n) is 8.05. The molecule has 0 aliphatic rings. The average Bonchev–Trinajstić information content (AvgIpc) is 3.35. The fraction of sp³-hybridized carbons (Fsp3) is 0.103. The maximum absolute atomic E-state index is 12.7. The predicted molar refractivity (Wildman–Crippen MR) is 147 cm³/mol. The molecule has 0 aliphatic carbocycles. The van der Waals surface area contributed by atoms with Crippen LogP contribution < -0.4 is 10.1 Å². The lowest BCUT2D eigenvalue weighted by molar-refractivity contribution is -0.384. The summed E-state index contributed by atoms with van der Waals surface area (Å²) in [5, 5.41) is 15.9. The van der Waals surface area contributed by atoms with Gasteiger partial charge in [-0.15, -0.1) is 11.3 Å². The van der Waals surface area contributed by atoms with Crippen molar-refractivity contribution < 1.29 is 24.0 Å². The van der Waals surface area contributed by atoms with E-state index < -0.39 is 16.8 Å². The number of anilines is 1. The Hall–Kier alpha value is -4.76. The van der Waals surface area contributed by atoms with E-state index in [2.05, 4.69) is 5.32 Å². The maximum Gasteiger partial charge on any atom is 0.341 e. The van der Waals surface area contributed by atoms with Crippen LogP contribution in [0.1, 0.15) is 28.4 Å². The summed E-state index contributed by atoms with van der Waals surface area (Å²) >= 11 is 1.14. The van der Waals surface area contributed by atoms with Crippen molar-refractivity contribution >= 4 is 40.0 Å². The van der Waals surface area contributed by atoms with Gasteiger partial charge in [-0.3, -0.25) is 14.9 Å². The van der Waals surface area contributed by atoms with Crippen LogP contribution in [0.15, 0.2) is 90.3 Å². The molecular weight excluding hydrogens is 504 g/mol. The smallest absolute Gasteiger partial charge is 0.341 e. The Morgan fingerprint density at radius 2 is 1.79 bits per heavy atom. The van der Waals surface area contributed by atoms with Crippen molar-refractivity contribution in [1.82, 2.24) is 0 Å². The molecular formula is C29H24N2O6S. The number of nitrogens with zero attached hydrogens (tertiary/aromatic N) is 1. The number of rotatable bonds is 10. The zero-order chi connectivity index (χ0) is 26.9. The molecule has 1 amide bonds. The summed E-state index contributed by atoms with van der Waals surface area (Å²) < 4.78 is 11.0. The van der Waals surface area contributed by atoms with Gasteiger partial charge in [-0.05, 0) is 41.8 Å². The third kappa shape index (κ3) is 6.71. The SMILES string of the molecule is CCOC(=O)c1c(-c2cccc([N+](=O)[O-])c2)csc1NC(=O)C=Cc1ccc(OCc2ccccc2)cc1. The molecule has 3 aromatic carbocycles. The zero-order valence-corrected chi connectivity index (χ0v) is 21.3. The molecule has 1 N–H and O–H groups in total. The number of esters is 1. The number of carbonyl (C=O) groups excluding carboxylic acids is 2. The van der Waals surface area contributed by atoms with Gasteiger partial charge in [0.2, 0.25) is 5.91 Å². The van der Waals surface area contributed by atoms with Crippen LogP contribution in [0, 0.1) is 10.1 Å². The van der Waals surface area contributed by atoms with Crippen molar-refractivity contribution in [3.05, 3.63) is 117 Å². The van der Waals surface area contributed by atoms with E-state index in [9.17, 15) is 19.7 Å². The topological polar surface area (TPSA) is 108 Å². The first-order valence-corrected chi connectivity index (χ1v) is 12.6. The van der Waals surface area contributed by atoms with E-state index in [1.165, 1.54) is 18.2 Å². The van der Waals surface area contributed by atoms with Gasteiger partial charge >= 0.3 is 5.97 Å². The van der Waals surface area contributed by atoms with Crippen LogP contribution in [-0.4, -0.2) is 23.4 Å². The number of nitrogens with one attached hydrogen (secondary N) is 1. The highest BCUT2D eigenvalue weighted by Gasteiger charge is 2.23. The molecule has 0 saturated heterocycles. The van der Waals surface area contributed by atoms with E-state index in [1.807, 2.05) is 54.6 Å². The van der Waals surface area contributed by atoms with Crippen LogP contribution in [0.5, 0.6) is 5.75 Å². The minimum atomic E-state index is -0.624. The Balaban J connectivity index is 1.46. The molecule has 0 atom stereocenters. The van der Waals surface area contributed by atoms with Crippen molar-refractivity contribution in [2.45, 2.75) is 13.5 Å². The minimum Gasteiger partial charge on any atom is -0.489 e. The van der Waals surface area contributed by atoms with Gasteiger partial charge in [0.05, 0.1) is 11.5 Å². The number of benzene rings is 3. The first kappa shape index (κ1) is 26.3. The van der Waals surface area contributed by atoms with Crippen molar-refractivity contribution in [2.24, 2.45) is 0 Å². The number of ether oxygens (including phenoxy) is 2. The highest BCUT2D eigenvalue weighted by Crippen LogP contribution is 2.37. The van der Waals surface area contributed by atoms with Gasteiger partial charge in [-0.2, -0.15) is 0 Å². The van der Waals surface area contributed by atoms with Crippen LogP contribution in [0.4, 0.5) is 10.7 Å². The number of carbonyl (C=O) groups is 2. The molecule has 0 bridgehead atoms. The van der Waals surface area contributed by atoms with Crippen LogP contribution in [-0.2, 0) is 16.1 Å². The lowest BCUT2D eigenvalue weighted by Gasteiger charge is -2.08. The Labute approximate surface area is 223 Å². The molecule has 192 valence electrons. The average molecular weight is 529 g/mol. The van der Waals surface area contributed by atoms with E-state index in [4.69, 9.17) is 9.47 Å². The Kier molecular flexibility index (Phi) is 8.63. The standard InChI is InChI=1S/C29H24N2O6S/c1-2-36-29(33)27-25(22-9-6-10-23(17-22)31(34)35)19-38-28(27)30-26(32)16-13-20-11-14-24(15-12-20)37-18-21-7-4-3-5-8-21/h3-17,19H,2,18H2,1H3,(H,30,32). The second kappa shape index (κ2) is 12.5. The molecule has 0 spiro atoms. The number of hydrogen-bond donors (Lipinski definition) is 1. The van der Waals surface area contributed by atoms with E-state index in [0.717, 1.165) is 22.5 Å². The van der Waals surface area contributed by atoms with Gasteiger partial charge in [0, 0.05) is 29.2 Å². The molecule has 0 radical (unpaired) electrons. The second-order valence-corrected chi connectivity index (χ2v) is 8.93. The largest absolute Gasteiger partial charge is 0.489 e. The summed E-state index contributed by atoms with van der Waals surface area (Å²) in [7, 11) is 0. The zero-order valence-electron chi connectivity index (χ0n) is 20.5. The van der Waals surface area contributed by atoms with Crippen molar-refractivity contribution in [3.63, 3.8) is 0 Å². The molecule has 9 heteroatoms. The monoisotopic (exact) mass is 528 g/mol. The lowest BCUT2D eigenvalue weighted by Crippen LogP contribution is -2.12. The van der Waals surface area contributed by atoms with Gasteiger partial charge in [0.25, 0.3) is 5.69 Å². The van der Waals surface area contributed by atoms with E-state index in [0.29, 0.717) is 28.5 Å². The first-order valence-electron chi connectivity index (χ1n) is 11.7. The minimum absolute atomic E-state index is 0.103. The van der Waals surface area contributed by atoms with Crippen LogP contribution in [0.25, 0.3) is 17.2 Å². The number of thiophene rings is 1. The molecule has 4 aromatic rings. The van der Waals surface area contributed by atoms with Gasteiger partial charge in [-0.1, -0.05) is 54.6 Å². The summed E-state index contributed by atoms with van der Waals surface area (Å²) in [4.78, 5) is 36.1. The van der Waals surface area contributed by atoms with Gasteiger partial charge in [-0.25, -0.2) is 4.79 Å². The fourth-order valence-corrected chi connectivity index (χ4v) is 4.56. The Morgan fingerprint density at radius 1 is 1.03 bits per heavy atom. The van der Waals surface area contributed by atoms with E-state index in [1.54, 1.807) is 30.5 Å². The Bertz CT molecular complexity index is 1460. The highest BCUT2D eigenvalue weighted by atomic mass is 32.1. The van der Waals surface area contributed by atoms with Crippen molar-refractivity contribution in [3.8, 4) is 16.9 Å². The lowest BCUT2D eigenvalue weighted by atomic mass is 10.0. The predicted octanol–water partition coefficient (Wildman–Crippen LogP) is 6.73. The molecule has 8 nitrogen and oxygen atoms in total. The molecule has 0 saturated carbocycles. The summed E-state index contributed by atoms with van der Waals surface area (Å²) in [6.45, 7) is 2.28. The third-order valence-corrected chi connectivity index (χ3v) is 6.33. The fourth-order valence-electron chi connectivity index (χ4n) is 3.60. The molecule has 1 heterocycles. The number of non-ortho nitro benzene ring substituents is 1. The highest BCUT2D eigenvalue weighted by molar-refractivity contribution is 7.15. The summed E-state index contributed by atoms with van der Waals surface area (Å²) in [5.74, 6) is -0.352. The van der Waals surface area contributed by atoms with Crippen LogP contribution in [0.2, 0.25) is 0 Å². The molecule has 1 aromatic heterocycles. The number of nitro groups is 1. The van der Waals surface area contributed by atoms with Crippen molar-refractivity contribution in [2.75, 3.05) is 11.9 Å². The number of nitro benzene ring substituents is 1. The van der Waals surface area contributed by atoms with Crippen LogP contribution >= 0.6 is 11.3 Å². The summed E-state index contributed by atoms with van der Waals surface area (Å²) in [6.07, 6.45) is 3.01. The summed E-state index contributed by atoms with van der Waals surface area (Å²) in [6, 6.07) is 23.1. The molecule has 0 aliphatic heterocycles. The first-order chi connectivity index (χ1) is 18.4. The quantitative estimate of drug-likeness (QED) is 0.106. The van der Waals surface area contributed by atoms with E-state index in [-0.39, 0.29) is 17.9 Å². The molecule has 0 unspecified atom stereocenters. The normalized spacial score (nSPS) is 10.8.